The van der Waals surface area contributed by atoms with Gasteiger partial charge < -0.3 is 14.2 Å². The van der Waals surface area contributed by atoms with Gasteiger partial charge in [0.15, 0.2) is 11.5 Å². The highest BCUT2D eigenvalue weighted by molar-refractivity contribution is 8.18. The molecule has 0 N–H and O–H groups in total. The molecule has 2 heterocycles. The van der Waals surface area contributed by atoms with Crippen molar-refractivity contribution in [1.82, 2.24) is 4.90 Å². The first-order valence-corrected chi connectivity index (χ1v) is 11.3. The summed E-state index contributed by atoms with van der Waals surface area (Å²) in [6.45, 7) is 2.91. The van der Waals surface area contributed by atoms with Crippen LogP contribution in [0.4, 0.5) is 4.79 Å². The van der Waals surface area contributed by atoms with Gasteiger partial charge in [-0.05, 0) is 65.7 Å². The number of carbonyl (C=O) groups excluding carboxylic acids is 2. The fourth-order valence-corrected chi connectivity index (χ4v) is 4.36. The standard InChI is InChI=1S/C26H21NO5S/c1-17-2-4-19(5-3-17)14-27-25(28)24(33-26(27)29)13-18-6-9-21(10-7-18)30-15-20-8-11-22-23(12-20)32-16-31-22/h2-13H,14-16H2,1H3/b24-13-. The smallest absolute Gasteiger partial charge is 0.293 e. The molecule has 0 unspecified atom stereocenters. The van der Waals surface area contributed by atoms with E-state index in [0.29, 0.717) is 17.3 Å². The van der Waals surface area contributed by atoms with Crippen molar-refractivity contribution in [3.8, 4) is 17.2 Å². The third kappa shape index (κ3) is 4.73. The number of hydrogen-bond donors (Lipinski definition) is 0. The van der Waals surface area contributed by atoms with Crippen LogP contribution < -0.4 is 14.2 Å². The molecular formula is C26H21NO5S. The maximum absolute atomic E-state index is 12.8. The average Bonchev–Trinajstić information content (AvgIpc) is 3.39. The van der Waals surface area contributed by atoms with Crippen molar-refractivity contribution in [2.24, 2.45) is 0 Å². The van der Waals surface area contributed by atoms with E-state index in [0.717, 1.165) is 45.5 Å². The van der Waals surface area contributed by atoms with Gasteiger partial charge in [-0.25, -0.2) is 0 Å². The second-order valence-corrected chi connectivity index (χ2v) is 8.79. The van der Waals surface area contributed by atoms with E-state index in [2.05, 4.69) is 0 Å². The predicted octanol–water partition coefficient (Wildman–Crippen LogP) is 5.54. The summed E-state index contributed by atoms with van der Waals surface area (Å²) in [5.74, 6) is 1.90. The fourth-order valence-electron chi connectivity index (χ4n) is 3.52. The van der Waals surface area contributed by atoms with Crippen LogP contribution >= 0.6 is 11.8 Å². The fraction of sp³-hybridized carbons (Fsp3) is 0.154. The zero-order valence-electron chi connectivity index (χ0n) is 17.9. The number of amides is 2. The quantitative estimate of drug-likeness (QED) is 0.451. The summed E-state index contributed by atoms with van der Waals surface area (Å²) in [6, 6.07) is 20.9. The Bertz CT molecular complexity index is 1230. The van der Waals surface area contributed by atoms with Gasteiger partial charge in [0.25, 0.3) is 11.1 Å². The Morgan fingerprint density at radius 3 is 2.45 bits per heavy atom. The highest BCUT2D eigenvalue weighted by Gasteiger charge is 2.34. The Balaban J connectivity index is 1.22. The molecule has 0 spiro atoms. The van der Waals surface area contributed by atoms with Crippen LogP contribution in [0.2, 0.25) is 0 Å². The van der Waals surface area contributed by atoms with E-state index in [9.17, 15) is 9.59 Å². The summed E-state index contributed by atoms with van der Waals surface area (Å²) in [5.41, 5.74) is 3.86. The van der Waals surface area contributed by atoms with Crippen molar-refractivity contribution < 1.29 is 23.8 Å². The van der Waals surface area contributed by atoms with E-state index in [1.807, 2.05) is 73.7 Å². The van der Waals surface area contributed by atoms with E-state index in [4.69, 9.17) is 14.2 Å². The van der Waals surface area contributed by atoms with Crippen LogP contribution in [-0.2, 0) is 17.9 Å². The molecule has 0 bridgehead atoms. The van der Waals surface area contributed by atoms with Crippen molar-refractivity contribution >= 4 is 29.0 Å². The average molecular weight is 460 g/mol. The van der Waals surface area contributed by atoms with Crippen molar-refractivity contribution in [2.45, 2.75) is 20.1 Å². The highest BCUT2D eigenvalue weighted by atomic mass is 32.2. The molecule has 0 atom stereocenters. The molecule has 7 heteroatoms. The van der Waals surface area contributed by atoms with Gasteiger partial charge in [-0.15, -0.1) is 0 Å². The molecule has 0 saturated carbocycles. The van der Waals surface area contributed by atoms with Gasteiger partial charge in [0.05, 0.1) is 11.4 Å². The maximum atomic E-state index is 12.8. The first-order valence-electron chi connectivity index (χ1n) is 10.5. The normalized spacial score (nSPS) is 16.0. The Morgan fingerprint density at radius 1 is 0.939 bits per heavy atom. The summed E-state index contributed by atoms with van der Waals surface area (Å²) < 4.78 is 16.6. The van der Waals surface area contributed by atoms with Crippen LogP contribution in [0.3, 0.4) is 0 Å². The molecule has 3 aromatic rings. The van der Waals surface area contributed by atoms with Gasteiger partial charge in [-0.3, -0.25) is 14.5 Å². The highest BCUT2D eigenvalue weighted by Crippen LogP contribution is 2.34. The molecule has 0 aliphatic carbocycles. The molecule has 3 aromatic carbocycles. The molecule has 2 amide bonds. The lowest BCUT2D eigenvalue weighted by molar-refractivity contribution is -0.123. The first-order chi connectivity index (χ1) is 16.0. The molecule has 2 aliphatic heterocycles. The number of rotatable bonds is 6. The Labute approximate surface area is 195 Å². The van der Waals surface area contributed by atoms with Gasteiger partial charge in [0.2, 0.25) is 6.79 Å². The van der Waals surface area contributed by atoms with Gasteiger partial charge in [0, 0.05) is 0 Å². The topological polar surface area (TPSA) is 65.1 Å². The van der Waals surface area contributed by atoms with Crippen LogP contribution in [0.15, 0.2) is 71.6 Å². The van der Waals surface area contributed by atoms with Crippen LogP contribution in [-0.4, -0.2) is 22.8 Å². The van der Waals surface area contributed by atoms with Gasteiger partial charge in [-0.1, -0.05) is 48.0 Å². The number of aryl methyl sites for hydroxylation is 1. The predicted molar refractivity (Wildman–Crippen MR) is 126 cm³/mol. The summed E-state index contributed by atoms with van der Waals surface area (Å²) in [4.78, 5) is 26.9. The molecule has 6 nitrogen and oxygen atoms in total. The van der Waals surface area contributed by atoms with E-state index in [-0.39, 0.29) is 24.5 Å². The maximum Gasteiger partial charge on any atom is 0.293 e. The van der Waals surface area contributed by atoms with E-state index < -0.39 is 0 Å². The number of nitrogens with zero attached hydrogens (tertiary/aromatic N) is 1. The second-order valence-electron chi connectivity index (χ2n) is 7.80. The lowest BCUT2D eigenvalue weighted by Crippen LogP contribution is -2.27. The van der Waals surface area contributed by atoms with Gasteiger partial charge in [-0.2, -0.15) is 0 Å². The van der Waals surface area contributed by atoms with Crippen molar-refractivity contribution in [1.29, 1.82) is 0 Å². The Hall–Kier alpha value is -3.71. The summed E-state index contributed by atoms with van der Waals surface area (Å²) in [7, 11) is 0. The van der Waals surface area contributed by atoms with Crippen LogP contribution in [0.25, 0.3) is 6.08 Å². The number of fused-ring (bicyclic) bond motifs is 1. The zero-order chi connectivity index (χ0) is 22.8. The summed E-state index contributed by atoms with van der Waals surface area (Å²) in [5, 5.41) is -0.254. The van der Waals surface area contributed by atoms with E-state index in [1.54, 1.807) is 6.08 Å². The summed E-state index contributed by atoms with van der Waals surface area (Å²) in [6.07, 6.45) is 1.74. The SMILES string of the molecule is Cc1ccc(CN2C(=O)S/C(=C\c3ccc(OCc4ccc5c(c4)OCO5)cc3)C2=O)cc1. The number of hydrogen-bond acceptors (Lipinski definition) is 6. The Morgan fingerprint density at radius 2 is 1.67 bits per heavy atom. The van der Waals surface area contributed by atoms with Crippen molar-refractivity contribution in [3.63, 3.8) is 0 Å². The van der Waals surface area contributed by atoms with Crippen LogP contribution in [0.1, 0.15) is 22.3 Å². The number of imide groups is 1. The van der Waals surface area contributed by atoms with Crippen LogP contribution in [0.5, 0.6) is 17.2 Å². The molecule has 5 rings (SSSR count). The molecule has 1 fully saturated rings. The third-order valence-corrected chi connectivity index (χ3v) is 6.26. The van der Waals surface area contributed by atoms with E-state index >= 15 is 0 Å². The monoisotopic (exact) mass is 459 g/mol. The first kappa shape index (κ1) is 21.2. The minimum atomic E-state index is -0.270. The number of thioether (sulfide) groups is 1. The molecule has 0 aromatic heterocycles. The van der Waals surface area contributed by atoms with Crippen molar-refractivity contribution in [2.75, 3.05) is 6.79 Å². The van der Waals surface area contributed by atoms with Crippen molar-refractivity contribution in [3.05, 3.63) is 93.9 Å². The Kier molecular flexibility index (Phi) is 5.79. The zero-order valence-corrected chi connectivity index (χ0v) is 18.8. The minimum absolute atomic E-state index is 0.243. The lowest BCUT2D eigenvalue weighted by Gasteiger charge is -2.12. The number of ether oxygens (including phenoxy) is 3. The number of carbonyl (C=O) groups is 2. The molecular weight excluding hydrogens is 438 g/mol. The van der Waals surface area contributed by atoms with Gasteiger partial charge in [0.1, 0.15) is 12.4 Å². The lowest BCUT2D eigenvalue weighted by atomic mass is 10.1. The van der Waals surface area contributed by atoms with Gasteiger partial charge >= 0.3 is 0 Å². The molecule has 0 radical (unpaired) electrons. The summed E-state index contributed by atoms with van der Waals surface area (Å²) >= 11 is 0.966. The molecule has 1 saturated heterocycles. The number of benzene rings is 3. The molecule has 33 heavy (non-hydrogen) atoms. The second kappa shape index (κ2) is 9.03. The molecule has 166 valence electrons. The third-order valence-electron chi connectivity index (χ3n) is 5.36. The van der Waals surface area contributed by atoms with E-state index in [1.165, 1.54) is 4.90 Å². The minimum Gasteiger partial charge on any atom is -0.489 e. The van der Waals surface area contributed by atoms with Crippen LogP contribution in [0, 0.1) is 6.92 Å². The largest absolute Gasteiger partial charge is 0.489 e. The molecule has 2 aliphatic rings.